The number of benzene rings is 1. The van der Waals surface area contributed by atoms with Crippen molar-refractivity contribution in [2.24, 2.45) is 0 Å². The Balaban J connectivity index is 1.91. The van der Waals surface area contributed by atoms with Crippen LogP contribution < -0.4 is 15.4 Å². The van der Waals surface area contributed by atoms with Crippen molar-refractivity contribution in [3.8, 4) is 5.75 Å². The van der Waals surface area contributed by atoms with E-state index in [0.717, 1.165) is 0 Å². The zero-order valence-corrected chi connectivity index (χ0v) is 14.2. The molecule has 1 aromatic heterocycles. The van der Waals surface area contributed by atoms with E-state index < -0.39 is 11.4 Å². The molecule has 0 saturated heterocycles. The van der Waals surface area contributed by atoms with E-state index in [0.29, 0.717) is 11.4 Å². The lowest BCUT2D eigenvalue weighted by Crippen LogP contribution is -2.46. The predicted octanol–water partition coefficient (Wildman–Crippen LogP) is 1.11. The minimum Gasteiger partial charge on any atom is -0.485 e. The van der Waals surface area contributed by atoms with Gasteiger partial charge in [-0.15, -0.1) is 0 Å². The van der Waals surface area contributed by atoms with Crippen LogP contribution in [-0.4, -0.2) is 39.2 Å². The van der Waals surface area contributed by atoms with E-state index >= 15 is 0 Å². The van der Waals surface area contributed by atoms with E-state index in [4.69, 9.17) is 14.4 Å². The fraction of sp³-hybridized carbons (Fsp3) is 0.375. The van der Waals surface area contributed by atoms with Gasteiger partial charge in [-0.05, 0) is 38.1 Å². The van der Waals surface area contributed by atoms with Crippen LogP contribution in [0, 0.1) is 0 Å². The molecular formula is C16H20N4O5. The Morgan fingerprint density at radius 3 is 2.56 bits per heavy atom. The number of ether oxygens (including phenoxy) is 1. The topological polar surface area (TPSA) is 127 Å². The minimum atomic E-state index is -0.794. The van der Waals surface area contributed by atoms with Crippen molar-refractivity contribution in [1.82, 2.24) is 15.5 Å². The average molecular weight is 348 g/mol. The molecule has 0 spiro atoms. The summed E-state index contributed by atoms with van der Waals surface area (Å²) < 4.78 is 10.4. The molecule has 134 valence electrons. The first-order valence-corrected chi connectivity index (χ1v) is 7.55. The molecule has 0 radical (unpaired) electrons. The third kappa shape index (κ3) is 5.57. The molecule has 0 saturated carbocycles. The molecule has 3 N–H and O–H groups in total. The Labute approximate surface area is 144 Å². The highest BCUT2D eigenvalue weighted by Gasteiger charge is 2.24. The summed E-state index contributed by atoms with van der Waals surface area (Å²) in [6.45, 7) is 4.54. The fourth-order valence-corrected chi connectivity index (χ4v) is 1.79. The zero-order valence-electron chi connectivity index (χ0n) is 14.2. The summed E-state index contributed by atoms with van der Waals surface area (Å²) in [6, 6.07) is 6.76. The van der Waals surface area contributed by atoms with Crippen molar-refractivity contribution >= 4 is 17.5 Å². The molecule has 0 atom stereocenters. The number of carbonyl (C=O) groups excluding carboxylic acids is 2. The van der Waals surface area contributed by atoms with Crippen LogP contribution >= 0.6 is 0 Å². The lowest BCUT2D eigenvalue weighted by molar-refractivity contribution is -0.114. The number of amides is 2. The van der Waals surface area contributed by atoms with Gasteiger partial charge in [0.25, 0.3) is 0 Å². The van der Waals surface area contributed by atoms with Crippen LogP contribution in [0.15, 0.2) is 28.8 Å². The lowest BCUT2D eigenvalue weighted by atomic mass is 10.1. The molecule has 0 aliphatic carbocycles. The van der Waals surface area contributed by atoms with Gasteiger partial charge < -0.3 is 25.0 Å². The van der Waals surface area contributed by atoms with Gasteiger partial charge in [-0.2, -0.15) is 4.98 Å². The molecule has 0 bridgehead atoms. The standard InChI is InChI=1S/C16H20N4O5/c1-10(22)17-11-4-6-12(7-5-11)24-8-13-18-15(25-20-13)14(23)19-16(2,3)9-21/h4-7,21H,8-9H2,1-3H3,(H,17,22)(H,19,23). The second-order valence-electron chi connectivity index (χ2n) is 6.01. The van der Waals surface area contributed by atoms with Gasteiger partial charge in [-0.25, -0.2) is 0 Å². The minimum absolute atomic E-state index is 0.0135. The highest BCUT2D eigenvalue weighted by atomic mass is 16.5. The molecule has 0 aliphatic rings. The first kappa shape index (κ1) is 18.4. The van der Waals surface area contributed by atoms with Gasteiger partial charge in [-0.1, -0.05) is 5.16 Å². The number of aliphatic hydroxyl groups is 1. The van der Waals surface area contributed by atoms with E-state index in [2.05, 4.69) is 20.8 Å². The monoisotopic (exact) mass is 348 g/mol. The normalized spacial score (nSPS) is 11.0. The summed E-state index contributed by atoms with van der Waals surface area (Å²) >= 11 is 0. The van der Waals surface area contributed by atoms with Crippen molar-refractivity contribution in [2.75, 3.05) is 11.9 Å². The van der Waals surface area contributed by atoms with E-state index in [1.165, 1.54) is 6.92 Å². The molecule has 2 rings (SSSR count). The Morgan fingerprint density at radius 2 is 1.96 bits per heavy atom. The van der Waals surface area contributed by atoms with Crippen LogP contribution in [0.5, 0.6) is 5.75 Å². The summed E-state index contributed by atoms with van der Waals surface area (Å²) in [5.74, 6) is -0.182. The number of nitrogens with one attached hydrogen (secondary N) is 2. The Bertz CT molecular complexity index is 739. The predicted molar refractivity (Wildman–Crippen MR) is 88.0 cm³/mol. The molecule has 0 aliphatic heterocycles. The number of hydrogen-bond acceptors (Lipinski definition) is 7. The van der Waals surface area contributed by atoms with Gasteiger partial charge >= 0.3 is 11.8 Å². The molecular weight excluding hydrogens is 328 g/mol. The fourth-order valence-electron chi connectivity index (χ4n) is 1.79. The van der Waals surface area contributed by atoms with Crippen LogP contribution in [0.25, 0.3) is 0 Å². The molecule has 0 unspecified atom stereocenters. The van der Waals surface area contributed by atoms with Crippen LogP contribution in [0.4, 0.5) is 5.69 Å². The number of aromatic nitrogens is 2. The average Bonchev–Trinajstić information content (AvgIpc) is 3.02. The zero-order chi connectivity index (χ0) is 18.4. The molecule has 2 aromatic rings. The molecule has 2 amide bonds. The van der Waals surface area contributed by atoms with Gasteiger partial charge in [0.1, 0.15) is 5.75 Å². The van der Waals surface area contributed by atoms with E-state index in [-0.39, 0.29) is 30.8 Å². The third-order valence-electron chi connectivity index (χ3n) is 3.05. The lowest BCUT2D eigenvalue weighted by Gasteiger charge is -2.21. The van der Waals surface area contributed by atoms with Gasteiger partial charge in [0.2, 0.25) is 11.7 Å². The second kappa shape index (κ2) is 7.75. The van der Waals surface area contributed by atoms with Gasteiger partial charge in [0.15, 0.2) is 6.61 Å². The van der Waals surface area contributed by atoms with Crippen LogP contribution in [0.3, 0.4) is 0 Å². The van der Waals surface area contributed by atoms with Crippen LogP contribution in [0.1, 0.15) is 37.3 Å². The second-order valence-corrected chi connectivity index (χ2v) is 6.01. The Kier molecular flexibility index (Phi) is 5.71. The van der Waals surface area contributed by atoms with Crippen LogP contribution in [-0.2, 0) is 11.4 Å². The summed E-state index contributed by atoms with van der Waals surface area (Å²) in [7, 11) is 0. The highest BCUT2D eigenvalue weighted by molar-refractivity contribution is 5.90. The molecule has 1 heterocycles. The maximum Gasteiger partial charge on any atom is 0.316 e. The van der Waals surface area contributed by atoms with Crippen molar-refractivity contribution in [3.05, 3.63) is 36.0 Å². The van der Waals surface area contributed by atoms with Gasteiger partial charge in [0.05, 0.1) is 12.1 Å². The summed E-state index contributed by atoms with van der Waals surface area (Å²) in [6.07, 6.45) is 0. The smallest absolute Gasteiger partial charge is 0.316 e. The van der Waals surface area contributed by atoms with Crippen molar-refractivity contribution in [2.45, 2.75) is 32.9 Å². The number of anilines is 1. The molecule has 25 heavy (non-hydrogen) atoms. The first-order valence-electron chi connectivity index (χ1n) is 7.55. The maximum absolute atomic E-state index is 11.9. The summed E-state index contributed by atoms with van der Waals surface area (Å²) in [4.78, 5) is 26.8. The molecule has 9 nitrogen and oxygen atoms in total. The number of rotatable bonds is 7. The van der Waals surface area contributed by atoms with Crippen molar-refractivity contribution < 1.29 is 24.0 Å². The number of nitrogens with zero attached hydrogens (tertiary/aromatic N) is 2. The number of hydrogen-bond donors (Lipinski definition) is 3. The van der Waals surface area contributed by atoms with Crippen LogP contribution in [0.2, 0.25) is 0 Å². The van der Waals surface area contributed by atoms with E-state index in [1.807, 2.05) is 0 Å². The Morgan fingerprint density at radius 1 is 1.28 bits per heavy atom. The van der Waals surface area contributed by atoms with E-state index in [9.17, 15) is 9.59 Å². The molecule has 1 aromatic carbocycles. The maximum atomic E-state index is 11.9. The first-order chi connectivity index (χ1) is 11.8. The number of carbonyl (C=O) groups is 2. The Hall–Kier alpha value is -2.94. The third-order valence-corrected chi connectivity index (χ3v) is 3.05. The highest BCUT2D eigenvalue weighted by Crippen LogP contribution is 2.16. The summed E-state index contributed by atoms with van der Waals surface area (Å²) in [5, 5.41) is 18.0. The SMILES string of the molecule is CC(=O)Nc1ccc(OCc2noc(C(=O)NC(C)(C)CO)n2)cc1. The number of aliphatic hydroxyl groups excluding tert-OH is 1. The van der Waals surface area contributed by atoms with Crippen molar-refractivity contribution in [1.29, 1.82) is 0 Å². The summed E-state index contributed by atoms with van der Waals surface area (Å²) in [5.41, 5.74) is -0.136. The quantitative estimate of drug-likeness (QED) is 0.684. The van der Waals surface area contributed by atoms with Crippen molar-refractivity contribution in [3.63, 3.8) is 0 Å². The largest absolute Gasteiger partial charge is 0.485 e. The van der Waals surface area contributed by atoms with E-state index in [1.54, 1.807) is 38.1 Å². The molecule has 9 heteroatoms. The van der Waals surface area contributed by atoms with Gasteiger partial charge in [0, 0.05) is 12.6 Å². The molecule has 0 fully saturated rings. The van der Waals surface area contributed by atoms with Gasteiger partial charge in [-0.3, -0.25) is 9.59 Å².